The van der Waals surface area contributed by atoms with Crippen LogP contribution in [0.3, 0.4) is 0 Å². The molecule has 0 spiro atoms. The van der Waals surface area contributed by atoms with Crippen molar-refractivity contribution in [3.8, 4) is 0 Å². The van der Waals surface area contributed by atoms with Crippen molar-refractivity contribution in [2.24, 2.45) is 0 Å². The molecule has 1 fully saturated rings. The second kappa shape index (κ2) is 7.50. The Kier molecular flexibility index (Phi) is 5.67. The zero-order chi connectivity index (χ0) is 14.4. The minimum atomic E-state index is -0.436. The van der Waals surface area contributed by atoms with Gasteiger partial charge in [-0.25, -0.2) is 4.79 Å². The second-order valence-electron chi connectivity index (χ2n) is 4.51. The van der Waals surface area contributed by atoms with Gasteiger partial charge in [0.25, 0.3) is 5.91 Å². The van der Waals surface area contributed by atoms with Crippen LogP contribution in [0.4, 0.5) is 4.79 Å². The molecule has 0 atom stereocenters. The van der Waals surface area contributed by atoms with Gasteiger partial charge >= 0.3 is 6.09 Å². The van der Waals surface area contributed by atoms with E-state index in [-0.39, 0.29) is 18.6 Å². The molecule has 1 N–H and O–H groups in total. The van der Waals surface area contributed by atoms with Gasteiger partial charge in [-0.3, -0.25) is 4.79 Å². The van der Waals surface area contributed by atoms with Crippen LogP contribution in [0.25, 0.3) is 0 Å². The van der Waals surface area contributed by atoms with Crippen LogP contribution in [0.5, 0.6) is 0 Å². The molecule has 110 valence electrons. The first-order valence-corrected chi connectivity index (χ1v) is 7.94. The average molecular weight is 317 g/mol. The molecule has 1 aliphatic rings. The van der Waals surface area contributed by atoms with Crippen LogP contribution in [0.1, 0.15) is 22.5 Å². The fourth-order valence-corrected chi connectivity index (χ4v) is 2.89. The molecule has 2 heterocycles. The molecule has 0 unspecified atom stereocenters. The molecule has 1 aliphatic heterocycles. The first-order valence-electron chi connectivity index (χ1n) is 6.52. The van der Waals surface area contributed by atoms with Gasteiger partial charge in [0, 0.05) is 19.1 Å². The molecule has 1 aromatic heterocycles. The maximum Gasteiger partial charge on any atom is 0.407 e. The van der Waals surface area contributed by atoms with E-state index >= 15 is 0 Å². The molecule has 5 nitrogen and oxygen atoms in total. The number of carbonyl (C=O) groups is 2. The van der Waals surface area contributed by atoms with E-state index in [9.17, 15) is 9.59 Å². The largest absolute Gasteiger partial charge is 0.448 e. The van der Waals surface area contributed by atoms with Crippen molar-refractivity contribution in [3.05, 3.63) is 22.4 Å². The Balaban J connectivity index is 1.75. The van der Waals surface area contributed by atoms with E-state index in [1.807, 2.05) is 22.4 Å². The fourth-order valence-electron chi connectivity index (χ4n) is 2.12. The van der Waals surface area contributed by atoms with Crippen molar-refractivity contribution in [3.63, 3.8) is 0 Å². The number of likely N-dealkylation sites (tertiary alicyclic amines) is 1. The Bertz CT molecular complexity index is 444. The quantitative estimate of drug-likeness (QED) is 0.867. The summed E-state index contributed by atoms with van der Waals surface area (Å²) in [6.07, 6.45) is 1.05. The summed E-state index contributed by atoms with van der Waals surface area (Å²) in [7, 11) is 0. The van der Waals surface area contributed by atoms with Crippen LogP contribution in [0.15, 0.2) is 17.5 Å². The smallest absolute Gasteiger partial charge is 0.407 e. The molecule has 0 saturated carbocycles. The molecule has 1 aromatic rings. The average Bonchev–Trinajstić information content (AvgIpc) is 2.99. The van der Waals surface area contributed by atoms with Gasteiger partial charge in [0.05, 0.1) is 10.8 Å². The van der Waals surface area contributed by atoms with E-state index in [1.54, 1.807) is 0 Å². The van der Waals surface area contributed by atoms with Crippen molar-refractivity contribution in [1.82, 2.24) is 10.2 Å². The highest BCUT2D eigenvalue weighted by molar-refractivity contribution is 7.12. The normalized spacial score (nSPS) is 15.9. The third-order valence-corrected chi connectivity index (χ3v) is 4.16. The lowest BCUT2D eigenvalue weighted by atomic mass is 10.1. The van der Waals surface area contributed by atoms with E-state index in [2.05, 4.69) is 5.32 Å². The van der Waals surface area contributed by atoms with Crippen LogP contribution >= 0.6 is 22.9 Å². The molecule has 0 bridgehead atoms. The molecule has 0 aromatic carbocycles. The Hall–Kier alpha value is -1.27. The van der Waals surface area contributed by atoms with E-state index in [4.69, 9.17) is 16.3 Å². The maximum absolute atomic E-state index is 12.1. The monoisotopic (exact) mass is 316 g/mol. The molecule has 2 rings (SSSR count). The maximum atomic E-state index is 12.1. The Labute approximate surface area is 126 Å². The molecule has 2 amide bonds. The zero-order valence-electron chi connectivity index (χ0n) is 11.0. The lowest BCUT2D eigenvalue weighted by Gasteiger charge is -2.31. The summed E-state index contributed by atoms with van der Waals surface area (Å²) >= 11 is 6.89. The standard InChI is InChI=1S/C13H17ClN2O3S/c14-5-8-19-13(18)15-10-3-6-16(7-4-10)12(17)11-2-1-9-20-11/h1-2,9-10H,3-8H2,(H,15,18). The van der Waals surface area contributed by atoms with Gasteiger partial charge in [-0.05, 0) is 24.3 Å². The highest BCUT2D eigenvalue weighted by atomic mass is 35.5. The third-order valence-electron chi connectivity index (χ3n) is 3.15. The summed E-state index contributed by atoms with van der Waals surface area (Å²) in [5.74, 6) is 0.365. The second-order valence-corrected chi connectivity index (χ2v) is 5.84. The number of ether oxygens (including phenoxy) is 1. The number of halogens is 1. The number of thiophene rings is 1. The summed E-state index contributed by atoms with van der Waals surface area (Å²) < 4.78 is 4.87. The fraction of sp³-hybridized carbons (Fsp3) is 0.538. The van der Waals surface area contributed by atoms with Gasteiger partial charge in [-0.2, -0.15) is 0 Å². The Morgan fingerprint density at radius 3 is 2.80 bits per heavy atom. The minimum Gasteiger partial charge on any atom is -0.448 e. The summed E-state index contributed by atoms with van der Waals surface area (Å²) in [5, 5.41) is 4.69. The summed E-state index contributed by atoms with van der Waals surface area (Å²) in [6.45, 7) is 1.51. The number of carbonyl (C=O) groups excluding carboxylic acids is 2. The predicted molar refractivity (Wildman–Crippen MR) is 78.4 cm³/mol. The van der Waals surface area contributed by atoms with E-state index in [0.29, 0.717) is 19.0 Å². The number of nitrogens with one attached hydrogen (secondary N) is 1. The minimum absolute atomic E-state index is 0.0604. The highest BCUT2D eigenvalue weighted by Crippen LogP contribution is 2.17. The zero-order valence-corrected chi connectivity index (χ0v) is 12.6. The summed E-state index contributed by atoms with van der Waals surface area (Å²) in [6, 6.07) is 3.77. The van der Waals surface area contributed by atoms with Crippen molar-refractivity contribution in [2.45, 2.75) is 18.9 Å². The number of hydrogen-bond donors (Lipinski definition) is 1. The summed E-state index contributed by atoms with van der Waals surface area (Å²) in [4.78, 5) is 26.1. The molecule has 20 heavy (non-hydrogen) atoms. The van der Waals surface area contributed by atoms with Gasteiger partial charge in [0.2, 0.25) is 0 Å². The lowest BCUT2D eigenvalue weighted by molar-refractivity contribution is 0.0707. The number of piperidine rings is 1. The molecular formula is C13H17ClN2O3S. The van der Waals surface area contributed by atoms with Gasteiger partial charge < -0.3 is 15.0 Å². The lowest BCUT2D eigenvalue weighted by Crippen LogP contribution is -2.46. The molecule has 1 saturated heterocycles. The van der Waals surface area contributed by atoms with Crippen molar-refractivity contribution < 1.29 is 14.3 Å². The van der Waals surface area contributed by atoms with Crippen molar-refractivity contribution >= 4 is 34.9 Å². The number of alkyl halides is 1. The number of nitrogens with zero attached hydrogens (tertiary/aromatic N) is 1. The Morgan fingerprint density at radius 1 is 1.45 bits per heavy atom. The highest BCUT2D eigenvalue weighted by Gasteiger charge is 2.25. The van der Waals surface area contributed by atoms with E-state index in [0.717, 1.165) is 17.7 Å². The van der Waals surface area contributed by atoms with E-state index < -0.39 is 6.09 Å². The first kappa shape index (κ1) is 15.1. The molecule has 0 aliphatic carbocycles. The topological polar surface area (TPSA) is 58.6 Å². The molecule has 0 radical (unpaired) electrons. The van der Waals surface area contributed by atoms with Gasteiger partial charge in [0.15, 0.2) is 0 Å². The van der Waals surface area contributed by atoms with Gasteiger partial charge in [-0.1, -0.05) is 6.07 Å². The molecule has 7 heteroatoms. The van der Waals surface area contributed by atoms with Crippen molar-refractivity contribution in [1.29, 1.82) is 0 Å². The SMILES string of the molecule is O=C(NC1CCN(C(=O)c2cccs2)CC1)OCCCl. The number of hydrogen-bond acceptors (Lipinski definition) is 4. The summed E-state index contributed by atoms with van der Waals surface area (Å²) in [5.41, 5.74) is 0. The van der Waals surface area contributed by atoms with Crippen LogP contribution in [0.2, 0.25) is 0 Å². The predicted octanol–water partition coefficient (Wildman–Crippen LogP) is 2.32. The third kappa shape index (κ3) is 4.11. The van der Waals surface area contributed by atoms with Gasteiger partial charge in [-0.15, -0.1) is 22.9 Å². The van der Waals surface area contributed by atoms with Crippen LogP contribution in [0, 0.1) is 0 Å². The van der Waals surface area contributed by atoms with Crippen LogP contribution in [-0.4, -0.2) is 48.5 Å². The van der Waals surface area contributed by atoms with Gasteiger partial charge in [0.1, 0.15) is 6.61 Å². The number of rotatable bonds is 4. The number of amides is 2. The van der Waals surface area contributed by atoms with Crippen LogP contribution in [-0.2, 0) is 4.74 Å². The van der Waals surface area contributed by atoms with Crippen LogP contribution < -0.4 is 5.32 Å². The first-order chi connectivity index (χ1) is 9.70. The molecular weight excluding hydrogens is 300 g/mol. The van der Waals surface area contributed by atoms with Crippen molar-refractivity contribution in [2.75, 3.05) is 25.6 Å². The van der Waals surface area contributed by atoms with E-state index in [1.165, 1.54) is 11.3 Å². The number of alkyl carbamates (subject to hydrolysis) is 1. The Morgan fingerprint density at radius 2 is 2.20 bits per heavy atom.